The molecule has 0 unspecified atom stereocenters. The number of nitrogens with zero attached hydrogens (tertiary/aromatic N) is 4. The van der Waals surface area contributed by atoms with Gasteiger partial charge in [-0.3, -0.25) is 0 Å². The average molecular weight is 425 g/mol. The lowest BCUT2D eigenvalue weighted by Crippen LogP contribution is -2.53. The number of likely N-dealkylation sites (tertiary alicyclic amines) is 1. The number of anilines is 2. The van der Waals surface area contributed by atoms with Crippen LogP contribution in [0.1, 0.15) is 44.1 Å². The van der Waals surface area contributed by atoms with Crippen LogP contribution in [-0.2, 0) is 6.42 Å². The van der Waals surface area contributed by atoms with Crippen molar-refractivity contribution in [2.24, 2.45) is 0 Å². The van der Waals surface area contributed by atoms with Gasteiger partial charge in [0, 0.05) is 62.6 Å². The maximum Gasteiger partial charge on any atom is 0.185 e. The van der Waals surface area contributed by atoms with E-state index in [4.69, 9.17) is 4.74 Å². The van der Waals surface area contributed by atoms with Crippen molar-refractivity contribution in [3.05, 3.63) is 35.3 Å². The third-order valence-electron chi connectivity index (χ3n) is 7.86. The molecule has 3 fully saturated rings. The zero-order valence-electron chi connectivity index (χ0n) is 17.8. The molecule has 0 atom stereocenters. The van der Waals surface area contributed by atoms with Crippen molar-refractivity contribution in [1.29, 1.82) is 0 Å². The summed E-state index contributed by atoms with van der Waals surface area (Å²) < 4.78 is 6.69. The van der Waals surface area contributed by atoms with Gasteiger partial charge in [-0.1, -0.05) is 6.42 Å². The molecule has 0 radical (unpaired) electrons. The SMILES string of the molecule is c1csc(N2CCN(c3ccc4c(c3)CCC3(CCN(C5CCC5)CC3)O4)CC2)n1. The Bertz CT molecular complexity index is 865. The van der Waals surface area contributed by atoms with Gasteiger partial charge in [0.25, 0.3) is 0 Å². The quantitative estimate of drug-likeness (QED) is 0.738. The molecule has 2 saturated heterocycles. The number of hydrogen-bond acceptors (Lipinski definition) is 6. The fraction of sp³-hybridized carbons (Fsp3) is 0.625. The molecule has 1 aromatic heterocycles. The van der Waals surface area contributed by atoms with Gasteiger partial charge < -0.3 is 19.4 Å². The van der Waals surface area contributed by atoms with Crippen molar-refractivity contribution < 1.29 is 4.74 Å². The minimum absolute atomic E-state index is 0.0914. The van der Waals surface area contributed by atoms with Crippen LogP contribution in [0.4, 0.5) is 10.8 Å². The molecule has 1 spiro atoms. The lowest BCUT2D eigenvalue weighted by atomic mass is 9.81. The Labute approximate surface area is 183 Å². The average Bonchev–Trinajstić information content (AvgIpc) is 3.29. The smallest absolute Gasteiger partial charge is 0.185 e. The maximum atomic E-state index is 6.69. The first-order chi connectivity index (χ1) is 14.8. The number of aryl methyl sites for hydroxylation is 1. The number of fused-ring (bicyclic) bond motifs is 1. The van der Waals surface area contributed by atoms with Gasteiger partial charge >= 0.3 is 0 Å². The molecule has 6 rings (SSSR count). The maximum absolute atomic E-state index is 6.69. The van der Waals surface area contributed by atoms with Gasteiger partial charge in [0.2, 0.25) is 0 Å². The zero-order valence-corrected chi connectivity index (χ0v) is 18.6. The van der Waals surface area contributed by atoms with Crippen LogP contribution in [0.15, 0.2) is 29.8 Å². The molecule has 3 aliphatic heterocycles. The van der Waals surface area contributed by atoms with Gasteiger partial charge in [0.1, 0.15) is 11.4 Å². The van der Waals surface area contributed by atoms with Crippen LogP contribution in [0.3, 0.4) is 0 Å². The monoisotopic (exact) mass is 424 g/mol. The summed E-state index contributed by atoms with van der Waals surface area (Å²) in [6.45, 7) is 6.65. The summed E-state index contributed by atoms with van der Waals surface area (Å²) in [7, 11) is 0. The normalized spacial score (nSPS) is 24.4. The molecule has 6 heteroatoms. The number of piperidine rings is 1. The van der Waals surface area contributed by atoms with Crippen LogP contribution in [0.5, 0.6) is 5.75 Å². The van der Waals surface area contributed by atoms with Gasteiger partial charge in [-0.2, -0.15) is 0 Å². The fourth-order valence-electron chi connectivity index (χ4n) is 5.63. The Morgan fingerprint density at radius 2 is 1.77 bits per heavy atom. The number of piperazine rings is 1. The van der Waals surface area contributed by atoms with Crippen LogP contribution in [0, 0.1) is 0 Å². The highest BCUT2D eigenvalue weighted by Crippen LogP contribution is 2.42. The number of hydrogen-bond donors (Lipinski definition) is 0. The van der Waals surface area contributed by atoms with E-state index in [1.54, 1.807) is 11.3 Å². The summed E-state index contributed by atoms with van der Waals surface area (Å²) in [6.07, 6.45) is 10.9. The summed E-state index contributed by atoms with van der Waals surface area (Å²) in [6, 6.07) is 7.79. The third-order valence-corrected chi connectivity index (χ3v) is 8.69. The second-order valence-corrected chi connectivity index (χ2v) is 10.4. The van der Waals surface area contributed by atoms with Crippen LogP contribution in [0.2, 0.25) is 0 Å². The molecule has 0 N–H and O–H groups in total. The number of ether oxygens (including phenoxy) is 1. The van der Waals surface area contributed by atoms with Crippen LogP contribution in [0.25, 0.3) is 0 Å². The van der Waals surface area contributed by atoms with Crippen molar-refractivity contribution in [3.8, 4) is 5.75 Å². The number of aromatic nitrogens is 1. The number of thiazole rings is 1. The van der Waals surface area contributed by atoms with Crippen molar-refractivity contribution in [2.75, 3.05) is 49.1 Å². The minimum Gasteiger partial charge on any atom is -0.487 e. The van der Waals surface area contributed by atoms with Crippen molar-refractivity contribution >= 4 is 22.2 Å². The van der Waals surface area contributed by atoms with Crippen molar-refractivity contribution in [1.82, 2.24) is 9.88 Å². The van der Waals surface area contributed by atoms with E-state index in [2.05, 4.69) is 43.3 Å². The third kappa shape index (κ3) is 3.48. The second-order valence-electron chi connectivity index (χ2n) is 9.49. The highest BCUT2D eigenvalue weighted by molar-refractivity contribution is 7.13. The van der Waals surface area contributed by atoms with Gasteiger partial charge in [-0.25, -0.2) is 4.98 Å². The minimum atomic E-state index is 0.0914. The van der Waals surface area contributed by atoms with Crippen molar-refractivity contribution in [2.45, 2.75) is 56.6 Å². The van der Waals surface area contributed by atoms with E-state index in [0.29, 0.717) is 0 Å². The second kappa shape index (κ2) is 7.72. The van der Waals surface area contributed by atoms with E-state index < -0.39 is 0 Å². The zero-order chi connectivity index (χ0) is 20.0. The topological polar surface area (TPSA) is 31.8 Å². The van der Waals surface area contributed by atoms with Gasteiger partial charge in [0.05, 0.1) is 0 Å². The molecule has 1 aromatic carbocycles. The first-order valence-corrected chi connectivity index (χ1v) is 12.6. The standard InChI is InChI=1S/C24H32N4OS/c1-2-20(3-1)26-11-8-24(9-12-26)7-6-19-18-21(4-5-22(19)29-24)27-13-15-28(16-14-27)23-25-10-17-30-23/h4-5,10,17-18,20H,1-3,6-9,11-16H2. The molecule has 1 saturated carbocycles. The molecule has 0 amide bonds. The lowest BCUT2D eigenvalue weighted by Gasteiger charge is -2.48. The molecule has 4 aliphatic rings. The lowest BCUT2D eigenvalue weighted by molar-refractivity contribution is -0.0336. The molecule has 2 aromatic rings. The van der Waals surface area contributed by atoms with E-state index in [1.807, 2.05) is 6.20 Å². The fourth-order valence-corrected chi connectivity index (χ4v) is 6.33. The van der Waals surface area contributed by atoms with Gasteiger partial charge in [-0.15, -0.1) is 11.3 Å². The Hall–Kier alpha value is -1.79. The predicted molar refractivity (Wildman–Crippen MR) is 123 cm³/mol. The summed E-state index contributed by atoms with van der Waals surface area (Å²) in [4.78, 5) is 12.1. The van der Waals surface area contributed by atoms with Crippen molar-refractivity contribution in [3.63, 3.8) is 0 Å². The summed E-state index contributed by atoms with van der Waals surface area (Å²) in [5.41, 5.74) is 2.85. The highest BCUT2D eigenvalue weighted by atomic mass is 32.1. The summed E-state index contributed by atoms with van der Waals surface area (Å²) >= 11 is 1.74. The largest absolute Gasteiger partial charge is 0.487 e. The van der Waals surface area contributed by atoms with Crippen LogP contribution < -0.4 is 14.5 Å². The molecule has 160 valence electrons. The molecule has 30 heavy (non-hydrogen) atoms. The number of benzene rings is 1. The molecular weight excluding hydrogens is 392 g/mol. The summed E-state index contributed by atoms with van der Waals surface area (Å²) in [5, 5.41) is 3.22. The Morgan fingerprint density at radius 1 is 0.967 bits per heavy atom. The van der Waals surface area contributed by atoms with Crippen LogP contribution in [-0.4, -0.2) is 60.8 Å². The first-order valence-electron chi connectivity index (χ1n) is 11.7. The van der Waals surface area contributed by atoms with E-state index >= 15 is 0 Å². The van der Waals surface area contributed by atoms with E-state index in [0.717, 1.165) is 49.5 Å². The Morgan fingerprint density at radius 3 is 2.47 bits per heavy atom. The number of rotatable bonds is 3. The Balaban J connectivity index is 1.09. The van der Waals surface area contributed by atoms with E-state index in [1.165, 1.54) is 62.9 Å². The molecule has 1 aliphatic carbocycles. The van der Waals surface area contributed by atoms with Gasteiger partial charge in [0.15, 0.2) is 5.13 Å². The van der Waals surface area contributed by atoms with E-state index in [-0.39, 0.29) is 5.60 Å². The highest BCUT2D eigenvalue weighted by Gasteiger charge is 2.41. The molecule has 0 bridgehead atoms. The molecule has 5 nitrogen and oxygen atoms in total. The molecule has 4 heterocycles. The predicted octanol–water partition coefficient (Wildman–Crippen LogP) is 4.18. The molecular formula is C24H32N4OS. The first kappa shape index (κ1) is 18.9. The Kier molecular flexibility index (Phi) is 4.87. The van der Waals surface area contributed by atoms with Gasteiger partial charge in [-0.05, 0) is 62.3 Å². The summed E-state index contributed by atoms with van der Waals surface area (Å²) in [5.74, 6) is 1.14. The van der Waals surface area contributed by atoms with E-state index in [9.17, 15) is 0 Å². The van der Waals surface area contributed by atoms with Crippen LogP contribution >= 0.6 is 11.3 Å².